The van der Waals surface area contributed by atoms with Crippen molar-refractivity contribution in [3.05, 3.63) is 28.2 Å². The molecule has 0 spiro atoms. The van der Waals surface area contributed by atoms with Gasteiger partial charge in [-0.05, 0) is 35.3 Å². The number of ether oxygens (including phenoxy) is 2. The van der Waals surface area contributed by atoms with Crippen LogP contribution < -0.4 is 0 Å². The predicted molar refractivity (Wildman–Crippen MR) is 70.2 cm³/mol. The van der Waals surface area contributed by atoms with Crippen LogP contribution in [0.25, 0.3) is 0 Å². The number of esters is 1. The third-order valence-electron chi connectivity index (χ3n) is 3.18. The number of hydrogen-bond acceptors (Lipinski definition) is 4. The first-order chi connectivity index (χ1) is 9.13. The molecule has 0 N–H and O–H groups in total. The summed E-state index contributed by atoms with van der Waals surface area (Å²) < 4.78 is 24.9. The molecule has 104 valence electrons. The van der Waals surface area contributed by atoms with E-state index in [4.69, 9.17) is 9.47 Å². The zero-order chi connectivity index (χ0) is 13.8. The minimum atomic E-state index is -0.538. The van der Waals surface area contributed by atoms with E-state index in [1.807, 2.05) is 0 Å². The molecule has 2 atom stereocenters. The van der Waals surface area contributed by atoms with Crippen molar-refractivity contribution >= 4 is 21.9 Å². The van der Waals surface area contributed by atoms with Gasteiger partial charge in [-0.2, -0.15) is 4.39 Å². The Bertz CT molecular complexity index is 469. The summed E-state index contributed by atoms with van der Waals surface area (Å²) in [4.78, 5) is 15.6. The molecule has 0 amide bonds. The Labute approximate surface area is 119 Å². The van der Waals surface area contributed by atoms with Crippen LogP contribution in [-0.4, -0.2) is 30.8 Å². The second-order valence-corrected chi connectivity index (χ2v) is 5.28. The summed E-state index contributed by atoms with van der Waals surface area (Å²) in [5.41, 5.74) is 0.440. The minimum Gasteiger partial charge on any atom is -0.466 e. The summed E-state index contributed by atoms with van der Waals surface area (Å²) in [5.74, 6) is -1.60. The van der Waals surface area contributed by atoms with E-state index in [1.54, 1.807) is 13.0 Å². The largest absolute Gasteiger partial charge is 0.466 e. The van der Waals surface area contributed by atoms with Crippen LogP contribution in [0.3, 0.4) is 0 Å². The highest BCUT2D eigenvalue weighted by Gasteiger charge is 2.35. The maximum absolute atomic E-state index is 13.9. The summed E-state index contributed by atoms with van der Waals surface area (Å²) in [7, 11) is 0. The average molecular weight is 332 g/mol. The molecule has 1 aliphatic heterocycles. The van der Waals surface area contributed by atoms with Crippen molar-refractivity contribution in [3.8, 4) is 0 Å². The quantitative estimate of drug-likeness (QED) is 0.631. The van der Waals surface area contributed by atoms with E-state index in [9.17, 15) is 9.18 Å². The van der Waals surface area contributed by atoms with Gasteiger partial charge < -0.3 is 9.47 Å². The molecule has 2 rings (SSSR count). The van der Waals surface area contributed by atoms with Crippen molar-refractivity contribution in [1.82, 2.24) is 4.98 Å². The zero-order valence-corrected chi connectivity index (χ0v) is 12.2. The molecule has 0 saturated carbocycles. The lowest BCUT2D eigenvalue weighted by Gasteiger charge is -2.30. The van der Waals surface area contributed by atoms with Crippen LogP contribution in [0.2, 0.25) is 0 Å². The van der Waals surface area contributed by atoms with Gasteiger partial charge in [-0.25, -0.2) is 4.98 Å². The fourth-order valence-corrected chi connectivity index (χ4v) is 2.64. The summed E-state index contributed by atoms with van der Waals surface area (Å²) in [6, 6.07) is 1.67. The number of nitrogens with zero attached hydrogens (tertiary/aromatic N) is 1. The maximum atomic E-state index is 13.9. The molecule has 1 aromatic rings. The third kappa shape index (κ3) is 3.30. The monoisotopic (exact) mass is 331 g/mol. The van der Waals surface area contributed by atoms with E-state index >= 15 is 0 Å². The van der Waals surface area contributed by atoms with Gasteiger partial charge >= 0.3 is 5.97 Å². The third-order valence-corrected chi connectivity index (χ3v) is 3.61. The molecule has 6 heteroatoms. The Hall–Kier alpha value is -1.01. The molecular formula is C13H15BrFNO3. The average Bonchev–Trinajstić information content (AvgIpc) is 2.42. The molecule has 0 aromatic carbocycles. The number of rotatable bonds is 3. The van der Waals surface area contributed by atoms with Crippen LogP contribution in [0.1, 0.15) is 24.8 Å². The van der Waals surface area contributed by atoms with Crippen molar-refractivity contribution in [2.75, 3.05) is 19.8 Å². The van der Waals surface area contributed by atoms with Crippen LogP contribution in [0.15, 0.2) is 16.7 Å². The van der Waals surface area contributed by atoms with Gasteiger partial charge in [0.05, 0.1) is 19.1 Å². The van der Waals surface area contributed by atoms with E-state index in [1.165, 1.54) is 6.20 Å². The van der Waals surface area contributed by atoms with Crippen molar-refractivity contribution in [2.24, 2.45) is 5.92 Å². The van der Waals surface area contributed by atoms with E-state index in [0.29, 0.717) is 29.7 Å². The highest BCUT2D eigenvalue weighted by atomic mass is 79.9. The van der Waals surface area contributed by atoms with Crippen molar-refractivity contribution in [3.63, 3.8) is 0 Å². The number of pyridine rings is 1. The van der Waals surface area contributed by atoms with Crippen molar-refractivity contribution in [2.45, 2.75) is 19.3 Å². The second-order valence-electron chi connectivity index (χ2n) is 4.36. The lowest BCUT2D eigenvalue weighted by molar-refractivity contribution is -0.153. The Balaban J connectivity index is 2.28. The van der Waals surface area contributed by atoms with Gasteiger partial charge in [-0.1, -0.05) is 0 Å². The van der Waals surface area contributed by atoms with Gasteiger partial charge in [0.1, 0.15) is 0 Å². The van der Waals surface area contributed by atoms with Crippen LogP contribution in [0.4, 0.5) is 4.39 Å². The Morgan fingerprint density at radius 1 is 1.68 bits per heavy atom. The van der Waals surface area contributed by atoms with E-state index in [-0.39, 0.29) is 18.5 Å². The van der Waals surface area contributed by atoms with Gasteiger partial charge in [0.2, 0.25) is 5.95 Å². The summed E-state index contributed by atoms with van der Waals surface area (Å²) in [5, 5.41) is 0. The van der Waals surface area contributed by atoms with Gasteiger partial charge in [0.25, 0.3) is 0 Å². The van der Waals surface area contributed by atoms with Gasteiger partial charge in [-0.15, -0.1) is 0 Å². The Kier molecular flexibility index (Phi) is 4.87. The number of hydrogen-bond donors (Lipinski definition) is 0. The molecule has 0 bridgehead atoms. The zero-order valence-electron chi connectivity index (χ0n) is 10.6. The molecule has 2 unspecified atom stereocenters. The molecule has 0 aliphatic carbocycles. The molecule has 19 heavy (non-hydrogen) atoms. The van der Waals surface area contributed by atoms with Crippen LogP contribution in [0, 0.1) is 11.9 Å². The SMILES string of the molecule is CCOC(=O)C1COCCC1c1cc(Br)cnc1F. The van der Waals surface area contributed by atoms with Gasteiger partial charge in [0, 0.05) is 28.8 Å². The maximum Gasteiger partial charge on any atom is 0.311 e. The Morgan fingerprint density at radius 3 is 3.21 bits per heavy atom. The molecule has 1 fully saturated rings. The number of halogens is 2. The van der Waals surface area contributed by atoms with Crippen molar-refractivity contribution < 1.29 is 18.7 Å². The predicted octanol–water partition coefficient (Wildman–Crippen LogP) is 2.67. The van der Waals surface area contributed by atoms with E-state index < -0.39 is 11.9 Å². The molecule has 4 nitrogen and oxygen atoms in total. The lowest BCUT2D eigenvalue weighted by Crippen LogP contribution is -2.34. The van der Waals surface area contributed by atoms with Crippen LogP contribution >= 0.6 is 15.9 Å². The highest BCUT2D eigenvalue weighted by molar-refractivity contribution is 9.10. The standard InChI is InChI=1S/C13H15BrFNO3/c1-2-19-13(17)11-7-18-4-3-9(11)10-5-8(14)6-16-12(10)15/h5-6,9,11H,2-4,7H2,1H3. The molecule has 2 heterocycles. The van der Waals surface area contributed by atoms with E-state index in [2.05, 4.69) is 20.9 Å². The first-order valence-corrected chi connectivity index (χ1v) is 6.98. The number of aromatic nitrogens is 1. The van der Waals surface area contributed by atoms with Gasteiger partial charge in [0.15, 0.2) is 0 Å². The number of carbonyl (C=O) groups excluding carboxylic acids is 1. The minimum absolute atomic E-state index is 0.252. The van der Waals surface area contributed by atoms with Crippen molar-refractivity contribution in [1.29, 1.82) is 0 Å². The first-order valence-electron chi connectivity index (χ1n) is 6.18. The Morgan fingerprint density at radius 2 is 2.47 bits per heavy atom. The molecule has 0 radical (unpaired) electrons. The topological polar surface area (TPSA) is 48.4 Å². The van der Waals surface area contributed by atoms with E-state index in [0.717, 1.165) is 0 Å². The smallest absolute Gasteiger partial charge is 0.311 e. The second kappa shape index (κ2) is 6.43. The summed E-state index contributed by atoms with van der Waals surface area (Å²) >= 11 is 3.27. The highest BCUT2D eigenvalue weighted by Crippen LogP contribution is 2.34. The first kappa shape index (κ1) is 14.4. The summed E-state index contributed by atoms with van der Waals surface area (Å²) in [6.45, 7) is 2.82. The fourth-order valence-electron chi connectivity index (χ4n) is 2.29. The fraction of sp³-hybridized carbons (Fsp3) is 0.538. The molecule has 1 aliphatic rings. The molecule has 1 saturated heterocycles. The summed E-state index contributed by atoms with van der Waals surface area (Å²) in [6.07, 6.45) is 1.98. The number of carbonyl (C=O) groups is 1. The molecule has 1 aromatic heterocycles. The van der Waals surface area contributed by atoms with Crippen LogP contribution in [0.5, 0.6) is 0 Å². The lowest BCUT2D eigenvalue weighted by atomic mass is 9.83. The molecular weight excluding hydrogens is 317 g/mol. The normalized spacial score (nSPS) is 23.1. The van der Waals surface area contributed by atoms with Crippen LogP contribution in [-0.2, 0) is 14.3 Å². The van der Waals surface area contributed by atoms with Gasteiger partial charge in [-0.3, -0.25) is 4.79 Å².